The standard InChI is InChI=1S/C25H28F3N3O3/c1-24(2)18-12-21(34-3)20(30-23(33)19-5-4-6-22(29-19)25(26,27)28)11-16(18)13-31(24)17-9-7-15(14-32)8-10-17/h4-6,11-12,14-15,17H,7-10,13H2,1-3H3,(H,30,33). The number of nitrogens with one attached hydrogen (secondary N) is 1. The number of halogens is 3. The van der Waals surface area contributed by atoms with E-state index in [9.17, 15) is 22.8 Å². The quantitative estimate of drug-likeness (QED) is 0.604. The average Bonchev–Trinajstić information content (AvgIpc) is 3.07. The summed E-state index contributed by atoms with van der Waals surface area (Å²) in [4.78, 5) is 29.8. The molecule has 9 heteroatoms. The normalized spacial score (nSPS) is 22.2. The summed E-state index contributed by atoms with van der Waals surface area (Å²) in [7, 11) is 1.49. The fourth-order valence-electron chi connectivity index (χ4n) is 5.17. The van der Waals surface area contributed by atoms with Crippen LogP contribution < -0.4 is 10.1 Å². The van der Waals surface area contributed by atoms with Gasteiger partial charge in [0.2, 0.25) is 0 Å². The first-order valence-electron chi connectivity index (χ1n) is 11.3. The van der Waals surface area contributed by atoms with Crippen molar-refractivity contribution in [3.63, 3.8) is 0 Å². The van der Waals surface area contributed by atoms with Crippen LogP contribution in [0.25, 0.3) is 0 Å². The van der Waals surface area contributed by atoms with Gasteiger partial charge in [-0.25, -0.2) is 4.98 Å². The van der Waals surface area contributed by atoms with Crippen LogP contribution >= 0.6 is 0 Å². The zero-order chi connectivity index (χ0) is 24.7. The Kier molecular flexibility index (Phi) is 6.42. The Morgan fingerprint density at radius 3 is 2.53 bits per heavy atom. The third kappa shape index (κ3) is 4.53. The Hall–Kier alpha value is -2.94. The molecule has 0 unspecified atom stereocenters. The van der Waals surface area contributed by atoms with Gasteiger partial charge in [0.05, 0.1) is 12.8 Å². The smallest absolute Gasteiger partial charge is 0.433 e. The van der Waals surface area contributed by atoms with Crippen LogP contribution in [0.4, 0.5) is 18.9 Å². The van der Waals surface area contributed by atoms with Crippen molar-refractivity contribution in [3.8, 4) is 5.75 Å². The van der Waals surface area contributed by atoms with Gasteiger partial charge in [-0.15, -0.1) is 0 Å². The number of ether oxygens (including phenoxy) is 1. The zero-order valence-electron chi connectivity index (χ0n) is 19.4. The summed E-state index contributed by atoms with van der Waals surface area (Å²) in [5.74, 6) is -0.181. The van der Waals surface area contributed by atoms with Crippen LogP contribution in [0.1, 0.15) is 66.8 Å². The number of alkyl halides is 3. The molecule has 1 aliphatic carbocycles. The lowest BCUT2D eigenvalue weighted by molar-refractivity contribution is -0.141. The SMILES string of the molecule is COc1cc2c(cc1NC(=O)c1cccc(C(F)(F)F)n1)CN(C1CCC(C=O)CC1)C2(C)C. The van der Waals surface area contributed by atoms with E-state index in [1.54, 1.807) is 0 Å². The molecule has 4 rings (SSSR count). The largest absolute Gasteiger partial charge is 0.495 e. The van der Waals surface area contributed by atoms with Crippen LogP contribution in [0.15, 0.2) is 30.3 Å². The lowest BCUT2D eigenvalue weighted by Crippen LogP contribution is -2.44. The molecule has 0 saturated heterocycles. The maximum Gasteiger partial charge on any atom is 0.433 e. The highest BCUT2D eigenvalue weighted by molar-refractivity contribution is 6.03. The first kappa shape index (κ1) is 24.2. The minimum absolute atomic E-state index is 0.135. The number of amides is 1. The molecule has 0 bridgehead atoms. The number of benzene rings is 1. The summed E-state index contributed by atoms with van der Waals surface area (Å²) in [5.41, 5.74) is 0.765. The van der Waals surface area contributed by atoms with E-state index in [0.29, 0.717) is 24.0 Å². The van der Waals surface area contributed by atoms with Crippen LogP contribution in [0.3, 0.4) is 0 Å². The number of anilines is 1. The molecule has 2 heterocycles. The van der Waals surface area contributed by atoms with E-state index in [0.717, 1.165) is 55.2 Å². The molecule has 1 aromatic heterocycles. The molecule has 1 aliphatic heterocycles. The number of aldehydes is 1. The summed E-state index contributed by atoms with van der Waals surface area (Å²) in [6.45, 7) is 4.97. The van der Waals surface area contributed by atoms with Crippen molar-refractivity contribution in [1.82, 2.24) is 9.88 Å². The third-order valence-electron chi connectivity index (χ3n) is 7.04. The third-order valence-corrected chi connectivity index (χ3v) is 7.04. The van der Waals surface area contributed by atoms with Crippen molar-refractivity contribution < 1.29 is 27.5 Å². The van der Waals surface area contributed by atoms with Crippen molar-refractivity contribution >= 4 is 17.9 Å². The lowest BCUT2D eigenvalue weighted by atomic mass is 9.84. The number of rotatable bonds is 5. The van der Waals surface area contributed by atoms with E-state index in [1.165, 1.54) is 13.2 Å². The minimum Gasteiger partial charge on any atom is -0.495 e. The predicted octanol–water partition coefficient (Wildman–Crippen LogP) is 5.17. The molecule has 2 aromatic rings. The Morgan fingerprint density at radius 1 is 1.21 bits per heavy atom. The van der Waals surface area contributed by atoms with Gasteiger partial charge in [0.25, 0.3) is 5.91 Å². The zero-order valence-corrected chi connectivity index (χ0v) is 19.4. The van der Waals surface area contributed by atoms with Gasteiger partial charge in [-0.3, -0.25) is 9.69 Å². The number of fused-ring (bicyclic) bond motifs is 1. The first-order chi connectivity index (χ1) is 16.0. The summed E-state index contributed by atoms with van der Waals surface area (Å²) >= 11 is 0. The van der Waals surface area contributed by atoms with E-state index >= 15 is 0 Å². The molecule has 2 aliphatic rings. The molecular weight excluding hydrogens is 447 g/mol. The molecule has 1 fully saturated rings. The monoisotopic (exact) mass is 475 g/mol. The highest BCUT2D eigenvalue weighted by Crippen LogP contribution is 2.46. The van der Waals surface area contributed by atoms with Gasteiger partial charge >= 0.3 is 6.18 Å². The van der Waals surface area contributed by atoms with Gasteiger partial charge in [0.1, 0.15) is 23.4 Å². The number of nitrogens with zero attached hydrogens (tertiary/aromatic N) is 2. The van der Waals surface area contributed by atoms with Crippen LogP contribution in [0, 0.1) is 5.92 Å². The lowest BCUT2D eigenvalue weighted by Gasteiger charge is -2.41. The maximum absolute atomic E-state index is 13.0. The number of hydrogen-bond acceptors (Lipinski definition) is 5. The Morgan fingerprint density at radius 2 is 1.91 bits per heavy atom. The van der Waals surface area contributed by atoms with E-state index in [4.69, 9.17) is 4.74 Å². The topological polar surface area (TPSA) is 71.5 Å². The van der Waals surface area contributed by atoms with Crippen molar-refractivity contribution in [2.75, 3.05) is 12.4 Å². The number of pyridine rings is 1. The fraction of sp³-hybridized carbons (Fsp3) is 0.480. The van der Waals surface area contributed by atoms with E-state index in [-0.39, 0.29) is 17.2 Å². The molecule has 182 valence electrons. The number of aromatic nitrogens is 1. The summed E-state index contributed by atoms with van der Waals surface area (Å²) in [6.07, 6.45) is 0.0730. The predicted molar refractivity (Wildman–Crippen MR) is 121 cm³/mol. The molecule has 1 amide bonds. The second-order valence-electron chi connectivity index (χ2n) is 9.46. The highest BCUT2D eigenvalue weighted by Gasteiger charge is 2.42. The molecule has 1 saturated carbocycles. The first-order valence-corrected chi connectivity index (χ1v) is 11.3. The summed E-state index contributed by atoms with van der Waals surface area (Å²) in [5, 5.41) is 2.67. The minimum atomic E-state index is -4.64. The van der Waals surface area contributed by atoms with Gasteiger partial charge in [-0.05, 0) is 74.9 Å². The van der Waals surface area contributed by atoms with E-state index < -0.39 is 17.8 Å². The molecule has 1 N–H and O–H groups in total. The molecule has 0 spiro atoms. The Balaban J connectivity index is 1.58. The van der Waals surface area contributed by atoms with Gasteiger partial charge in [-0.1, -0.05) is 6.07 Å². The van der Waals surface area contributed by atoms with Gasteiger partial charge in [0.15, 0.2) is 0 Å². The number of carbonyl (C=O) groups is 2. The molecule has 34 heavy (non-hydrogen) atoms. The molecular formula is C25H28F3N3O3. The Labute approximate surface area is 196 Å². The van der Waals surface area contributed by atoms with Crippen LogP contribution in [-0.4, -0.2) is 35.2 Å². The summed E-state index contributed by atoms with van der Waals surface area (Å²) < 4.78 is 44.5. The fourth-order valence-corrected chi connectivity index (χ4v) is 5.17. The molecule has 0 atom stereocenters. The second kappa shape index (κ2) is 9.02. The van der Waals surface area contributed by atoms with Crippen molar-refractivity contribution in [3.05, 3.63) is 52.8 Å². The molecule has 0 radical (unpaired) electrons. The molecule has 1 aromatic carbocycles. The molecule has 6 nitrogen and oxygen atoms in total. The van der Waals surface area contributed by atoms with Gasteiger partial charge in [0, 0.05) is 24.0 Å². The van der Waals surface area contributed by atoms with E-state index in [1.807, 2.05) is 12.1 Å². The van der Waals surface area contributed by atoms with Gasteiger partial charge < -0.3 is 14.8 Å². The number of methoxy groups -OCH3 is 1. The number of carbonyl (C=O) groups excluding carboxylic acids is 2. The van der Waals surface area contributed by atoms with Crippen LogP contribution in [-0.2, 0) is 23.1 Å². The van der Waals surface area contributed by atoms with Crippen molar-refractivity contribution in [2.45, 2.75) is 63.8 Å². The van der Waals surface area contributed by atoms with E-state index in [2.05, 4.69) is 29.0 Å². The van der Waals surface area contributed by atoms with Crippen LogP contribution in [0.2, 0.25) is 0 Å². The maximum atomic E-state index is 13.0. The van der Waals surface area contributed by atoms with Crippen LogP contribution in [0.5, 0.6) is 5.75 Å². The van der Waals surface area contributed by atoms with Gasteiger partial charge in [-0.2, -0.15) is 13.2 Å². The summed E-state index contributed by atoms with van der Waals surface area (Å²) in [6, 6.07) is 7.29. The van der Waals surface area contributed by atoms with Crippen molar-refractivity contribution in [2.24, 2.45) is 5.92 Å². The Bertz CT molecular complexity index is 1090. The second-order valence-corrected chi connectivity index (χ2v) is 9.46. The highest BCUT2D eigenvalue weighted by atomic mass is 19.4. The average molecular weight is 476 g/mol. The van der Waals surface area contributed by atoms with Crippen molar-refractivity contribution in [1.29, 1.82) is 0 Å². The number of hydrogen-bond donors (Lipinski definition) is 1.